The molecule has 4 heterocycles. The van der Waals surface area contributed by atoms with Gasteiger partial charge in [-0.15, -0.1) is 0 Å². The number of hydrogen-bond donors (Lipinski definition) is 2. The highest BCUT2D eigenvalue weighted by molar-refractivity contribution is 6.30. The van der Waals surface area contributed by atoms with Crippen LogP contribution in [0.15, 0.2) is 38.0 Å². The van der Waals surface area contributed by atoms with Gasteiger partial charge in [0.15, 0.2) is 0 Å². The Morgan fingerprint density at radius 2 is 1.40 bits per heavy atom. The minimum Gasteiger partial charge on any atom is -0.475 e. The number of amides is 1. The highest BCUT2D eigenvalue weighted by atomic mass is 16.5. The molecule has 0 spiro atoms. The van der Waals surface area contributed by atoms with Gasteiger partial charge in [0.25, 0.3) is 5.91 Å². The van der Waals surface area contributed by atoms with E-state index in [1.54, 1.807) is 0 Å². The van der Waals surface area contributed by atoms with Crippen LogP contribution in [0, 0.1) is 13.8 Å². The maximum Gasteiger partial charge on any atom is 0.273 e. The van der Waals surface area contributed by atoms with Crippen molar-refractivity contribution in [1.82, 2.24) is 9.97 Å². The SMILES string of the molecule is CCC1=C(C)C(=O)N=C1/C=c1/[nH]/c(=C/c2[nH]c(/C=C3\N=C(OC(C)C)C(C)=C3CC)c(C)c2CC)c(CC)c1C. The van der Waals surface area contributed by atoms with Gasteiger partial charge in [0, 0.05) is 33.2 Å². The third-order valence-electron chi connectivity index (χ3n) is 8.12. The number of rotatable bonds is 8. The second-order valence-corrected chi connectivity index (χ2v) is 10.9. The Morgan fingerprint density at radius 3 is 2.00 bits per heavy atom. The first-order valence-electron chi connectivity index (χ1n) is 14.7. The maximum atomic E-state index is 12.2. The molecular weight excluding hydrogens is 496 g/mol. The predicted octanol–water partition coefficient (Wildman–Crippen LogP) is 6.31. The summed E-state index contributed by atoms with van der Waals surface area (Å²) in [7, 11) is 0. The van der Waals surface area contributed by atoms with Gasteiger partial charge in [-0.25, -0.2) is 9.98 Å². The number of nitrogens with one attached hydrogen (secondary N) is 2. The van der Waals surface area contributed by atoms with E-state index >= 15 is 0 Å². The van der Waals surface area contributed by atoms with Gasteiger partial charge in [0.1, 0.15) is 0 Å². The summed E-state index contributed by atoms with van der Waals surface area (Å²) in [5.41, 5.74) is 13.1. The van der Waals surface area contributed by atoms with E-state index in [0.29, 0.717) is 0 Å². The molecule has 2 aliphatic heterocycles. The van der Waals surface area contributed by atoms with Crippen LogP contribution in [0.1, 0.15) is 102 Å². The van der Waals surface area contributed by atoms with Crippen molar-refractivity contribution in [3.63, 3.8) is 0 Å². The van der Waals surface area contributed by atoms with E-state index in [9.17, 15) is 4.79 Å². The summed E-state index contributed by atoms with van der Waals surface area (Å²) in [6, 6.07) is 0. The largest absolute Gasteiger partial charge is 0.475 e. The van der Waals surface area contributed by atoms with Crippen LogP contribution in [-0.4, -0.2) is 33.6 Å². The Labute approximate surface area is 238 Å². The standard InChI is InChI=1S/C34H44N4O2/c1-11-23-19(7)27(15-31-25(13-3)21(9)33(39)37-31)35-29(23)17-30-24(12-2)20(8)28(36-30)16-32-26(14-4)22(10)34(38-32)40-18(5)6/h15-18,35-36H,11-14H2,1-10H3/b27-15+,29-17+,32-16-. The minimum atomic E-state index is -0.128. The van der Waals surface area contributed by atoms with E-state index < -0.39 is 0 Å². The molecule has 0 saturated heterocycles. The van der Waals surface area contributed by atoms with E-state index in [2.05, 4.69) is 75.6 Å². The average molecular weight is 541 g/mol. The third kappa shape index (κ3) is 5.36. The molecule has 6 heteroatoms. The fraction of sp³-hybridized carbons (Fsp3) is 0.441. The molecule has 0 saturated carbocycles. The second-order valence-electron chi connectivity index (χ2n) is 10.9. The molecule has 40 heavy (non-hydrogen) atoms. The first kappa shape index (κ1) is 29.3. The molecule has 2 aromatic heterocycles. The van der Waals surface area contributed by atoms with E-state index in [0.717, 1.165) is 81.8 Å². The predicted molar refractivity (Wildman–Crippen MR) is 167 cm³/mol. The summed E-state index contributed by atoms with van der Waals surface area (Å²) in [6.07, 6.45) is 10.0. The van der Waals surface area contributed by atoms with Crippen LogP contribution in [0.25, 0.3) is 18.2 Å². The lowest BCUT2D eigenvalue weighted by atomic mass is 10.0. The monoisotopic (exact) mass is 540 g/mol. The molecule has 0 atom stereocenters. The van der Waals surface area contributed by atoms with Crippen LogP contribution in [0.2, 0.25) is 0 Å². The first-order valence-corrected chi connectivity index (χ1v) is 14.7. The summed E-state index contributed by atoms with van der Waals surface area (Å²) in [4.78, 5) is 28.8. The molecular formula is C34H44N4O2. The lowest BCUT2D eigenvalue weighted by Crippen LogP contribution is -2.14. The lowest BCUT2D eigenvalue weighted by Gasteiger charge is -2.09. The summed E-state index contributed by atoms with van der Waals surface area (Å²) in [6.45, 7) is 21.0. The highest BCUT2D eigenvalue weighted by Crippen LogP contribution is 2.32. The van der Waals surface area contributed by atoms with Crippen molar-refractivity contribution in [2.75, 3.05) is 0 Å². The maximum absolute atomic E-state index is 12.2. The molecule has 0 aromatic carbocycles. The number of ether oxygens (including phenoxy) is 1. The number of hydrogen-bond acceptors (Lipinski definition) is 3. The Hall–Kier alpha value is -3.67. The summed E-state index contributed by atoms with van der Waals surface area (Å²) >= 11 is 0. The normalized spacial score (nSPS) is 17.9. The van der Waals surface area contributed by atoms with Gasteiger partial charge >= 0.3 is 0 Å². The Bertz CT molecular complexity index is 1630. The van der Waals surface area contributed by atoms with Gasteiger partial charge in [0.2, 0.25) is 5.90 Å². The molecule has 0 radical (unpaired) electrons. The van der Waals surface area contributed by atoms with E-state index in [1.807, 2.05) is 26.8 Å². The van der Waals surface area contributed by atoms with E-state index in [-0.39, 0.29) is 12.0 Å². The van der Waals surface area contributed by atoms with Gasteiger partial charge < -0.3 is 14.7 Å². The number of H-pyrrole nitrogens is 2. The molecule has 0 bridgehead atoms. The zero-order valence-electron chi connectivity index (χ0n) is 25.8. The molecule has 1 amide bonds. The fourth-order valence-electron chi connectivity index (χ4n) is 5.85. The molecule has 2 aliphatic rings. The van der Waals surface area contributed by atoms with Crippen molar-refractivity contribution in [3.8, 4) is 0 Å². The highest BCUT2D eigenvalue weighted by Gasteiger charge is 2.23. The van der Waals surface area contributed by atoms with Gasteiger partial charge in [-0.05, 0) is 119 Å². The first-order chi connectivity index (χ1) is 19.0. The Balaban J connectivity index is 1.83. The molecule has 212 valence electrons. The summed E-state index contributed by atoms with van der Waals surface area (Å²) < 4.78 is 5.99. The number of aromatic nitrogens is 2. The van der Waals surface area contributed by atoms with Gasteiger partial charge in [-0.1, -0.05) is 27.7 Å². The fourth-order valence-corrected chi connectivity index (χ4v) is 5.85. The van der Waals surface area contributed by atoms with E-state index in [4.69, 9.17) is 9.73 Å². The Kier molecular flexibility index (Phi) is 8.67. The second kappa shape index (κ2) is 11.8. The average Bonchev–Trinajstić information content (AvgIpc) is 3.56. The number of carbonyl (C=O) groups excluding carboxylic acids is 1. The molecule has 0 fully saturated rings. The molecule has 0 aliphatic carbocycles. The zero-order valence-corrected chi connectivity index (χ0v) is 25.8. The molecule has 6 nitrogen and oxygen atoms in total. The molecule has 4 rings (SSSR count). The van der Waals surface area contributed by atoms with Crippen LogP contribution < -0.4 is 10.7 Å². The van der Waals surface area contributed by atoms with Crippen molar-refractivity contribution < 1.29 is 9.53 Å². The minimum absolute atomic E-state index is 0.0836. The van der Waals surface area contributed by atoms with Crippen molar-refractivity contribution in [2.24, 2.45) is 9.98 Å². The van der Waals surface area contributed by atoms with Crippen LogP contribution in [0.3, 0.4) is 0 Å². The van der Waals surface area contributed by atoms with Crippen LogP contribution in [0.4, 0.5) is 0 Å². The summed E-state index contributed by atoms with van der Waals surface area (Å²) in [5, 5.41) is 2.09. The molecule has 2 aromatic rings. The molecule has 2 N–H and O–H groups in total. The van der Waals surface area contributed by atoms with Gasteiger partial charge in [-0.2, -0.15) is 0 Å². The van der Waals surface area contributed by atoms with Crippen molar-refractivity contribution in [3.05, 3.63) is 72.3 Å². The smallest absolute Gasteiger partial charge is 0.273 e. The van der Waals surface area contributed by atoms with Crippen LogP contribution >= 0.6 is 0 Å². The molecule has 0 unspecified atom stereocenters. The Morgan fingerprint density at radius 1 is 0.725 bits per heavy atom. The number of allylic oxidation sites excluding steroid dienone is 2. The van der Waals surface area contributed by atoms with E-state index in [1.165, 1.54) is 27.8 Å². The zero-order chi connectivity index (χ0) is 29.3. The quantitative estimate of drug-likeness (QED) is 0.412. The number of aliphatic imine (C=N–C) groups is 2. The van der Waals surface area contributed by atoms with Gasteiger partial charge in [-0.3, -0.25) is 4.79 Å². The van der Waals surface area contributed by atoms with Crippen LogP contribution in [0.5, 0.6) is 0 Å². The number of aromatic amines is 2. The number of nitrogens with zero attached hydrogens (tertiary/aromatic N) is 2. The number of carbonyl (C=O) groups is 1. The lowest BCUT2D eigenvalue weighted by molar-refractivity contribution is -0.114. The van der Waals surface area contributed by atoms with Crippen LogP contribution in [-0.2, 0) is 22.4 Å². The summed E-state index contributed by atoms with van der Waals surface area (Å²) in [5.74, 6) is 0.601. The van der Waals surface area contributed by atoms with Gasteiger partial charge in [0.05, 0.1) is 17.5 Å². The van der Waals surface area contributed by atoms with Crippen molar-refractivity contribution in [2.45, 2.75) is 101 Å². The van der Waals surface area contributed by atoms with Crippen molar-refractivity contribution >= 4 is 35.7 Å². The van der Waals surface area contributed by atoms with Crippen molar-refractivity contribution in [1.29, 1.82) is 0 Å². The third-order valence-corrected chi connectivity index (χ3v) is 8.12. The topological polar surface area (TPSA) is 82.6 Å².